The van der Waals surface area contributed by atoms with Crippen LogP contribution in [0.4, 0.5) is 4.79 Å². The summed E-state index contributed by atoms with van der Waals surface area (Å²) in [4.78, 5) is 26.6. The average molecular weight is 441 g/mol. The maximum atomic E-state index is 12.7. The summed E-state index contributed by atoms with van der Waals surface area (Å²) >= 11 is 0. The average Bonchev–Trinajstić information content (AvgIpc) is 2.66. The molecule has 1 amide bonds. The van der Waals surface area contributed by atoms with Crippen LogP contribution in [-0.4, -0.2) is 44.7 Å². The van der Waals surface area contributed by atoms with Gasteiger partial charge in [0, 0.05) is 12.7 Å². The third-order valence-corrected chi connectivity index (χ3v) is 6.64. The number of carbonyl (C=O) groups is 2. The van der Waals surface area contributed by atoms with Crippen molar-refractivity contribution in [2.75, 3.05) is 6.26 Å². The fourth-order valence-electron chi connectivity index (χ4n) is 2.47. The Labute approximate surface area is 168 Å². The molecule has 0 aliphatic carbocycles. The van der Waals surface area contributed by atoms with Crippen LogP contribution in [-0.2, 0) is 35.9 Å². The molecule has 11 heteroatoms. The van der Waals surface area contributed by atoms with Gasteiger partial charge in [-0.15, -0.1) is 0 Å². The summed E-state index contributed by atoms with van der Waals surface area (Å²) < 4.78 is 48.5. The highest BCUT2D eigenvalue weighted by Gasteiger charge is 2.36. The third kappa shape index (κ3) is 5.78. The summed E-state index contributed by atoms with van der Waals surface area (Å²) in [6.45, 7) is 0. The lowest BCUT2D eigenvalue weighted by molar-refractivity contribution is -0.164. The Balaban J connectivity index is 2.19. The third-order valence-electron chi connectivity index (χ3n) is 3.77. The van der Waals surface area contributed by atoms with Crippen molar-refractivity contribution in [3.8, 4) is 0 Å². The maximum Gasteiger partial charge on any atom is 0.456 e. The van der Waals surface area contributed by atoms with E-state index in [4.69, 9.17) is 0 Å². The van der Waals surface area contributed by atoms with Gasteiger partial charge in [-0.05, 0) is 35.0 Å². The van der Waals surface area contributed by atoms with Gasteiger partial charge >= 0.3 is 22.1 Å². The van der Waals surface area contributed by atoms with Crippen LogP contribution in [0.25, 0.3) is 0 Å². The molecule has 156 valence electrons. The van der Waals surface area contributed by atoms with Crippen molar-refractivity contribution >= 4 is 31.9 Å². The zero-order chi connectivity index (χ0) is 21.7. The van der Waals surface area contributed by atoms with E-state index in [2.05, 4.69) is 4.84 Å². The zero-order valence-corrected chi connectivity index (χ0v) is 17.0. The summed E-state index contributed by atoms with van der Waals surface area (Å²) in [6, 6.07) is 13.6. The molecule has 0 saturated carbocycles. The fourth-order valence-corrected chi connectivity index (χ4v) is 5.14. The maximum absolute atomic E-state index is 12.7. The van der Waals surface area contributed by atoms with E-state index >= 15 is 0 Å². The van der Waals surface area contributed by atoms with E-state index in [-0.39, 0.29) is 6.42 Å². The summed E-state index contributed by atoms with van der Waals surface area (Å²) in [5, 5.41) is 9.24. The number of hydrogen-bond donors (Lipinski definition) is 1. The Kier molecular flexibility index (Phi) is 6.98. The summed E-state index contributed by atoms with van der Waals surface area (Å²) in [7, 11) is -8.96. The predicted molar refractivity (Wildman–Crippen MR) is 102 cm³/mol. The monoisotopic (exact) mass is 441 g/mol. The Morgan fingerprint density at radius 2 is 1.48 bits per heavy atom. The second kappa shape index (κ2) is 9.05. The van der Waals surface area contributed by atoms with Crippen LogP contribution in [0.1, 0.15) is 18.4 Å². The Hall–Kier alpha value is -2.92. The summed E-state index contributed by atoms with van der Waals surface area (Å²) in [5.41, 5.74) is 0.949. The molecule has 0 bridgehead atoms. The second-order valence-corrected chi connectivity index (χ2v) is 9.74. The van der Waals surface area contributed by atoms with E-state index in [0.29, 0.717) is 12.8 Å². The van der Waals surface area contributed by atoms with Crippen LogP contribution in [0.15, 0.2) is 64.4 Å². The summed E-state index contributed by atoms with van der Waals surface area (Å²) in [6.07, 6.45) is -0.725. The highest BCUT2D eigenvalue weighted by molar-refractivity contribution is 7.93. The number of nitrogens with zero attached hydrogens (tertiary/aromatic N) is 1. The molecule has 2 aromatic rings. The first-order chi connectivity index (χ1) is 13.5. The van der Waals surface area contributed by atoms with Gasteiger partial charge in [-0.25, -0.2) is 18.0 Å². The van der Waals surface area contributed by atoms with Crippen molar-refractivity contribution in [3.63, 3.8) is 0 Å². The Morgan fingerprint density at radius 3 is 2.03 bits per heavy atom. The molecule has 0 radical (unpaired) electrons. The molecule has 0 heterocycles. The number of benzene rings is 2. The minimum absolute atomic E-state index is 0.234. The minimum atomic E-state index is -4.97. The molecule has 0 aromatic heterocycles. The Bertz CT molecular complexity index is 1100. The molecule has 2 rings (SSSR count). The quantitative estimate of drug-likeness (QED) is 0.646. The van der Waals surface area contributed by atoms with E-state index in [1.54, 1.807) is 0 Å². The highest BCUT2D eigenvalue weighted by Crippen LogP contribution is 2.25. The number of rotatable bonds is 7. The smallest absolute Gasteiger partial charge is 0.456 e. The normalized spacial score (nSPS) is 11.6. The molecule has 0 saturated heterocycles. The molecule has 0 spiro atoms. The molecule has 0 unspecified atom stereocenters. The van der Waals surface area contributed by atoms with Crippen LogP contribution in [0.2, 0.25) is 0 Å². The molecule has 0 aliphatic rings. The van der Waals surface area contributed by atoms with Crippen molar-refractivity contribution in [3.05, 3.63) is 60.2 Å². The number of sulfone groups is 1. The van der Waals surface area contributed by atoms with Crippen molar-refractivity contribution in [2.24, 2.45) is 0 Å². The molecule has 0 fully saturated rings. The van der Waals surface area contributed by atoms with E-state index in [1.165, 1.54) is 12.1 Å². The van der Waals surface area contributed by atoms with Crippen LogP contribution in [0.3, 0.4) is 0 Å². The van der Waals surface area contributed by atoms with Gasteiger partial charge in [0.1, 0.15) is 4.90 Å². The standard InChI is InChI=1S/C18H19NO8S2/c1-28(23,24)15-11-5-6-12-16(15)29(25,26)19(18(21)22)27-17(20)13-7-10-14-8-3-2-4-9-14/h2-6,8-9,11-12H,7,10,13H2,1H3,(H,21,22). The van der Waals surface area contributed by atoms with Crippen molar-refractivity contribution in [1.29, 1.82) is 0 Å². The van der Waals surface area contributed by atoms with E-state index in [9.17, 15) is 31.5 Å². The first kappa shape index (κ1) is 22.4. The lowest BCUT2D eigenvalue weighted by atomic mass is 10.1. The second-order valence-electron chi connectivity index (χ2n) is 6.04. The largest absolute Gasteiger partial charge is 0.462 e. The molecule has 2 aromatic carbocycles. The molecule has 9 nitrogen and oxygen atoms in total. The van der Waals surface area contributed by atoms with Gasteiger partial charge < -0.3 is 9.94 Å². The lowest BCUT2D eigenvalue weighted by Gasteiger charge is -2.19. The van der Waals surface area contributed by atoms with Gasteiger partial charge in [0.25, 0.3) is 0 Å². The van der Waals surface area contributed by atoms with Gasteiger partial charge in [0.05, 0.1) is 4.90 Å². The molecular weight excluding hydrogens is 422 g/mol. The number of amides is 1. The van der Waals surface area contributed by atoms with E-state index in [1.807, 2.05) is 30.3 Å². The van der Waals surface area contributed by atoms with E-state index < -0.39 is 46.2 Å². The highest BCUT2D eigenvalue weighted by atomic mass is 32.2. The van der Waals surface area contributed by atoms with Crippen LogP contribution < -0.4 is 0 Å². The number of aryl methyl sites for hydroxylation is 1. The molecule has 1 N–H and O–H groups in total. The van der Waals surface area contributed by atoms with Crippen molar-refractivity contribution < 1.29 is 36.4 Å². The van der Waals surface area contributed by atoms with Gasteiger partial charge in [-0.1, -0.05) is 42.5 Å². The van der Waals surface area contributed by atoms with Gasteiger partial charge in [-0.3, -0.25) is 0 Å². The predicted octanol–water partition coefficient (Wildman–Crippen LogP) is 2.24. The lowest BCUT2D eigenvalue weighted by Crippen LogP contribution is -2.38. The number of hydroxylamine groups is 1. The van der Waals surface area contributed by atoms with Crippen LogP contribution in [0.5, 0.6) is 0 Å². The first-order valence-corrected chi connectivity index (χ1v) is 11.7. The Morgan fingerprint density at radius 1 is 0.931 bits per heavy atom. The zero-order valence-electron chi connectivity index (χ0n) is 15.4. The first-order valence-electron chi connectivity index (χ1n) is 8.35. The van der Waals surface area contributed by atoms with Gasteiger partial charge in [0.15, 0.2) is 9.84 Å². The molecule has 0 atom stereocenters. The van der Waals surface area contributed by atoms with Crippen LogP contribution in [0, 0.1) is 0 Å². The van der Waals surface area contributed by atoms with Gasteiger partial charge in [0.2, 0.25) is 0 Å². The minimum Gasteiger partial charge on any atom is -0.462 e. The van der Waals surface area contributed by atoms with Crippen LogP contribution >= 0.6 is 0 Å². The summed E-state index contributed by atoms with van der Waals surface area (Å²) in [5.74, 6) is -1.08. The topological polar surface area (TPSA) is 135 Å². The molecular formula is C18H19NO8S2. The number of hydrogen-bond acceptors (Lipinski definition) is 7. The van der Waals surface area contributed by atoms with E-state index in [0.717, 1.165) is 24.0 Å². The number of carboxylic acid groups (broad SMARTS) is 1. The molecule has 29 heavy (non-hydrogen) atoms. The SMILES string of the molecule is CS(=O)(=O)c1ccccc1S(=O)(=O)N(OC(=O)CCCc1ccccc1)C(=O)O. The number of carbonyl (C=O) groups excluding carboxylic acids is 1. The molecule has 0 aliphatic heterocycles. The van der Waals surface area contributed by atoms with Crippen molar-refractivity contribution in [1.82, 2.24) is 4.47 Å². The number of sulfonamides is 1. The van der Waals surface area contributed by atoms with Crippen molar-refractivity contribution in [2.45, 2.75) is 29.1 Å². The van der Waals surface area contributed by atoms with Gasteiger partial charge in [-0.2, -0.15) is 8.42 Å². The fraction of sp³-hybridized carbons (Fsp3) is 0.222.